The third kappa shape index (κ3) is 5.25. The standard InChI is InChI=1S/C15H30N2OS/c1-3-7-16-10-13-5-6-14(18-13)11-17-8-9-19-15(4-2)12-17/h13-16H,3-12H2,1-2H3. The lowest BCUT2D eigenvalue weighted by molar-refractivity contribution is 0.0240. The van der Waals surface area contributed by atoms with Crippen molar-refractivity contribution in [2.45, 2.75) is 57.0 Å². The number of nitrogens with one attached hydrogen (secondary N) is 1. The van der Waals surface area contributed by atoms with Gasteiger partial charge in [-0.1, -0.05) is 13.8 Å². The van der Waals surface area contributed by atoms with Gasteiger partial charge in [0.1, 0.15) is 0 Å². The van der Waals surface area contributed by atoms with E-state index in [0.717, 1.165) is 24.9 Å². The minimum absolute atomic E-state index is 0.456. The van der Waals surface area contributed by atoms with E-state index in [2.05, 4.69) is 35.8 Å². The van der Waals surface area contributed by atoms with Gasteiger partial charge in [-0.25, -0.2) is 0 Å². The van der Waals surface area contributed by atoms with Gasteiger partial charge in [0.15, 0.2) is 0 Å². The Kier molecular flexibility index (Phi) is 6.99. The second-order valence-electron chi connectivity index (χ2n) is 5.82. The molecular weight excluding hydrogens is 256 g/mol. The lowest BCUT2D eigenvalue weighted by atomic mass is 10.2. The Morgan fingerprint density at radius 1 is 1.26 bits per heavy atom. The fourth-order valence-electron chi connectivity index (χ4n) is 2.99. The summed E-state index contributed by atoms with van der Waals surface area (Å²) in [5.41, 5.74) is 0. The smallest absolute Gasteiger partial charge is 0.0707 e. The van der Waals surface area contributed by atoms with Crippen LogP contribution in [0.3, 0.4) is 0 Å². The Hall–Kier alpha value is 0.230. The van der Waals surface area contributed by atoms with E-state index < -0.39 is 0 Å². The largest absolute Gasteiger partial charge is 0.372 e. The van der Waals surface area contributed by atoms with Gasteiger partial charge in [0.25, 0.3) is 0 Å². The average Bonchev–Trinajstić information content (AvgIpc) is 2.87. The second kappa shape index (κ2) is 8.50. The molecule has 0 aromatic rings. The molecule has 2 heterocycles. The molecule has 3 nitrogen and oxygen atoms in total. The summed E-state index contributed by atoms with van der Waals surface area (Å²) in [7, 11) is 0. The number of rotatable bonds is 7. The molecule has 2 aliphatic heterocycles. The number of hydrogen-bond donors (Lipinski definition) is 1. The van der Waals surface area contributed by atoms with Gasteiger partial charge in [-0.3, -0.25) is 4.90 Å². The molecule has 0 radical (unpaired) electrons. The van der Waals surface area contributed by atoms with Gasteiger partial charge in [0.2, 0.25) is 0 Å². The first-order valence-electron chi connectivity index (χ1n) is 8.02. The Labute approximate surface area is 122 Å². The zero-order valence-electron chi connectivity index (χ0n) is 12.6. The second-order valence-corrected chi connectivity index (χ2v) is 7.23. The summed E-state index contributed by atoms with van der Waals surface area (Å²) >= 11 is 2.15. The molecule has 19 heavy (non-hydrogen) atoms. The van der Waals surface area contributed by atoms with E-state index in [1.165, 1.54) is 44.5 Å². The summed E-state index contributed by atoms with van der Waals surface area (Å²) in [4.78, 5) is 2.62. The van der Waals surface area contributed by atoms with Crippen molar-refractivity contribution in [3.63, 3.8) is 0 Å². The van der Waals surface area contributed by atoms with Crippen molar-refractivity contribution >= 4 is 11.8 Å². The lowest BCUT2D eigenvalue weighted by Gasteiger charge is -2.33. The van der Waals surface area contributed by atoms with E-state index in [0.29, 0.717) is 12.2 Å². The van der Waals surface area contributed by atoms with E-state index in [9.17, 15) is 0 Å². The molecule has 4 heteroatoms. The SMILES string of the molecule is CCCNCC1CCC(CN2CCSC(CC)C2)O1. The number of thioether (sulfide) groups is 1. The summed E-state index contributed by atoms with van der Waals surface area (Å²) in [6.07, 6.45) is 5.93. The molecule has 112 valence electrons. The van der Waals surface area contributed by atoms with Crippen LogP contribution in [0.1, 0.15) is 39.5 Å². The first-order valence-corrected chi connectivity index (χ1v) is 9.06. The van der Waals surface area contributed by atoms with Crippen LogP contribution in [-0.4, -0.2) is 60.8 Å². The Bertz CT molecular complexity index is 252. The van der Waals surface area contributed by atoms with Crippen molar-refractivity contribution in [3.05, 3.63) is 0 Å². The van der Waals surface area contributed by atoms with E-state index in [4.69, 9.17) is 4.74 Å². The van der Waals surface area contributed by atoms with Crippen LogP contribution in [0.25, 0.3) is 0 Å². The Morgan fingerprint density at radius 2 is 2.11 bits per heavy atom. The molecule has 0 spiro atoms. The van der Waals surface area contributed by atoms with E-state index >= 15 is 0 Å². The zero-order chi connectivity index (χ0) is 13.5. The summed E-state index contributed by atoms with van der Waals surface area (Å²) in [5.74, 6) is 1.30. The average molecular weight is 286 g/mol. The van der Waals surface area contributed by atoms with Gasteiger partial charge in [-0.2, -0.15) is 11.8 Å². The molecule has 2 rings (SSSR count). The van der Waals surface area contributed by atoms with Gasteiger partial charge < -0.3 is 10.1 Å². The fraction of sp³-hybridized carbons (Fsp3) is 1.00. The van der Waals surface area contributed by atoms with Crippen LogP contribution >= 0.6 is 11.8 Å². The molecule has 0 aromatic carbocycles. The summed E-state index contributed by atoms with van der Waals surface area (Å²) in [5, 5.41) is 4.32. The van der Waals surface area contributed by atoms with E-state index in [1.54, 1.807) is 0 Å². The van der Waals surface area contributed by atoms with Gasteiger partial charge in [0, 0.05) is 37.2 Å². The summed E-state index contributed by atoms with van der Waals surface area (Å²) < 4.78 is 6.17. The van der Waals surface area contributed by atoms with Crippen LogP contribution < -0.4 is 5.32 Å². The molecule has 3 unspecified atom stereocenters. The molecule has 2 aliphatic rings. The molecule has 2 saturated heterocycles. The first-order chi connectivity index (χ1) is 9.31. The Morgan fingerprint density at radius 3 is 2.89 bits per heavy atom. The maximum Gasteiger partial charge on any atom is 0.0707 e. The third-order valence-electron chi connectivity index (χ3n) is 4.13. The minimum Gasteiger partial charge on any atom is -0.372 e. The summed E-state index contributed by atoms with van der Waals surface area (Å²) in [6, 6.07) is 0. The maximum absolute atomic E-state index is 6.17. The number of hydrogen-bond acceptors (Lipinski definition) is 4. The van der Waals surface area contributed by atoms with Gasteiger partial charge in [-0.15, -0.1) is 0 Å². The highest BCUT2D eigenvalue weighted by molar-refractivity contribution is 8.00. The number of nitrogens with zero attached hydrogens (tertiary/aromatic N) is 1. The van der Waals surface area contributed by atoms with Crippen LogP contribution in [0.5, 0.6) is 0 Å². The highest BCUT2D eigenvalue weighted by atomic mass is 32.2. The van der Waals surface area contributed by atoms with Gasteiger partial charge >= 0.3 is 0 Å². The predicted molar refractivity (Wildman–Crippen MR) is 84.0 cm³/mol. The quantitative estimate of drug-likeness (QED) is 0.726. The van der Waals surface area contributed by atoms with Crippen molar-refractivity contribution in [3.8, 4) is 0 Å². The topological polar surface area (TPSA) is 24.5 Å². The maximum atomic E-state index is 6.17. The molecular formula is C15H30N2OS. The van der Waals surface area contributed by atoms with Crippen LogP contribution in [0.15, 0.2) is 0 Å². The predicted octanol–water partition coefficient (Wildman–Crippen LogP) is 2.36. The molecule has 0 saturated carbocycles. The molecule has 0 aromatic heterocycles. The molecule has 1 N–H and O–H groups in total. The minimum atomic E-state index is 0.456. The van der Waals surface area contributed by atoms with Crippen LogP contribution in [-0.2, 0) is 4.74 Å². The molecule has 0 aliphatic carbocycles. The van der Waals surface area contributed by atoms with Crippen LogP contribution in [0, 0.1) is 0 Å². The molecule has 0 amide bonds. The van der Waals surface area contributed by atoms with Crippen molar-refractivity contribution in [1.82, 2.24) is 10.2 Å². The molecule has 3 atom stereocenters. The van der Waals surface area contributed by atoms with Crippen LogP contribution in [0.4, 0.5) is 0 Å². The van der Waals surface area contributed by atoms with Gasteiger partial charge in [0.05, 0.1) is 12.2 Å². The number of ether oxygens (including phenoxy) is 1. The highest BCUT2D eigenvalue weighted by Gasteiger charge is 2.28. The third-order valence-corrected chi connectivity index (χ3v) is 5.51. The summed E-state index contributed by atoms with van der Waals surface area (Å²) in [6.45, 7) is 10.3. The lowest BCUT2D eigenvalue weighted by Crippen LogP contribution is -2.42. The zero-order valence-corrected chi connectivity index (χ0v) is 13.4. The van der Waals surface area contributed by atoms with E-state index in [-0.39, 0.29) is 0 Å². The molecule has 2 fully saturated rings. The highest BCUT2D eigenvalue weighted by Crippen LogP contribution is 2.24. The monoisotopic (exact) mass is 286 g/mol. The normalized spacial score (nSPS) is 32.8. The van der Waals surface area contributed by atoms with Crippen LogP contribution in [0.2, 0.25) is 0 Å². The van der Waals surface area contributed by atoms with Crippen molar-refractivity contribution in [2.75, 3.05) is 38.5 Å². The Balaban J connectivity index is 1.64. The molecule has 0 bridgehead atoms. The van der Waals surface area contributed by atoms with Gasteiger partial charge in [-0.05, 0) is 32.2 Å². The van der Waals surface area contributed by atoms with E-state index in [1.807, 2.05) is 0 Å². The van der Waals surface area contributed by atoms with Crippen molar-refractivity contribution in [2.24, 2.45) is 0 Å². The fourth-order valence-corrected chi connectivity index (χ4v) is 4.23. The first kappa shape index (κ1) is 15.6. The van der Waals surface area contributed by atoms with Crippen molar-refractivity contribution < 1.29 is 4.74 Å². The van der Waals surface area contributed by atoms with Crippen molar-refractivity contribution in [1.29, 1.82) is 0 Å².